The number of nitrogens with zero attached hydrogens (tertiary/aromatic N) is 3. The van der Waals surface area contributed by atoms with Crippen molar-refractivity contribution in [2.45, 2.75) is 32.9 Å². The topological polar surface area (TPSA) is 63.0 Å². The summed E-state index contributed by atoms with van der Waals surface area (Å²) in [6, 6.07) is 6.70. The highest BCUT2D eigenvalue weighted by Crippen LogP contribution is 2.30. The van der Waals surface area contributed by atoms with Gasteiger partial charge in [-0.3, -0.25) is 0 Å². The Morgan fingerprint density at radius 3 is 3.00 bits per heavy atom. The molecule has 100 valence electrons. The first-order chi connectivity index (χ1) is 9.19. The average Bonchev–Trinajstić information content (AvgIpc) is 2.82. The Morgan fingerprint density at radius 1 is 1.42 bits per heavy atom. The molecule has 0 spiro atoms. The number of anilines is 1. The van der Waals surface area contributed by atoms with Crippen LogP contribution < -0.4 is 5.32 Å². The van der Waals surface area contributed by atoms with Gasteiger partial charge >= 0.3 is 0 Å². The highest BCUT2D eigenvalue weighted by molar-refractivity contribution is 5.37. The van der Waals surface area contributed by atoms with E-state index in [1.54, 1.807) is 0 Å². The largest absolute Gasteiger partial charge is 0.388 e. The molecule has 1 aliphatic rings. The van der Waals surface area contributed by atoms with Gasteiger partial charge in [0, 0.05) is 6.54 Å². The van der Waals surface area contributed by atoms with E-state index in [1.807, 2.05) is 4.68 Å². The molecule has 2 aromatic rings. The van der Waals surface area contributed by atoms with E-state index < -0.39 is 0 Å². The molecule has 0 saturated heterocycles. The molecule has 0 amide bonds. The fourth-order valence-corrected chi connectivity index (χ4v) is 2.70. The molecule has 5 nitrogen and oxygen atoms in total. The van der Waals surface area contributed by atoms with Crippen LogP contribution in [0.3, 0.4) is 0 Å². The van der Waals surface area contributed by atoms with Gasteiger partial charge in [0.15, 0.2) is 5.82 Å². The molecular weight excluding hydrogens is 240 g/mol. The molecule has 1 aromatic carbocycles. The summed E-state index contributed by atoms with van der Waals surface area (Å²) in [4.78, 5) is 4.28. The lowest BCUT2D eigenvalue weighted by atomic mass is 9.96. The fourth-order valence-electron chi connectivity index (χ4n) is 2.70. The number of rotatable bonds is 2. The quantitative estimate of drug-likeness (QED) is 0.862. The maximum atomic E-state index is 9.17. The zero-order chi connectivity index (χ0) is 13.4. The summed E-state index contributed by atoms with van der Waals surface area (Å²) in [5.41, 5.74) is 3.83. The molecule has 5 heteroatoms. The number of benzene rings is 1. The number of nitrogens with one attached hydrogen (secondary N) is 1. The van der Waals surface area contributed by atoms with Crippen molar-refractivity contribution in [1.82, 2.24) is 14.8 Å². The van der Waals surface area contributed by atoms with Crippen LogP contribution in [0.1, 0.15) is 35.0 Å². The summed E-state index contributed by atoms with van der Waals surface area (Å²) < 4.78 is 1.90. The number of aliphatic hydroxyl groups is 1. The molecule has 0 aliphatic carbocycles. The lowest BCUT2D eigenvalue weighted by Crippen LogP contribution is -2.25. The molecule has 0 fully saturated rings. The summed E-state index contributed by atoms with van der Waals surface area (Å²) in [6.07, 6.45) is 0.977. The molecule has 0 saturated carbocycles. The van der Waals surface area contributed by atoms with Crippen LogP contribution in [0, 0.1) is 13.8 Å². The van der Waals surface area contributed by atoms with Crippen molar-refractivity contribution in [1.29, 1.82) is 0 Å². The molecule has 0 radical (unpaired) electrons. The van der Waals surface area contributed by atoms with Gasteiger partial charge < -0.3 is 10.4 Å². The van der Waals surface area contributed by atoms with Gasteiger partial charge in [-0.2, -0.15) is 10.1 Å². The highest BCUT2D eigenvalue weighted by Gasteiger charge is 2.25. The van der Waals surface area contributed by atoms with Crippen molar-refractivity contribution in [2.75, 3.05) is 11.9 Å². The minimum Gasteiger partial charge on any atom is -0.388 e. The minimum absolute atomic E-state index is 0.124. The minimum atomic E-state index is -0.124. The van der Waals surface area contributed by atoms with Crippen LogP contribution in [0.4, 0.5) is 5.95 Å². The molecule has 1 aromatic heterocycles. The van der Waals surface area contributed by atoms with Crippen LogP contribution in [0.15, 0.2) is 18.2 Å². The zero-order valence-electron chi connectivity index (χ0n) is 11.2. The second-order valence-corrected chi connectivity index (χ2v) is 5.05. The summed E-state index contributed by atoms with van der Waals surface area (Å²) in [5, 5.41) is 16.8. The van der Waals surface area contributed by atoms with E-state index in [4.69, 9.17) is 5.11 Å². The van der Waals surface area contributed by atoms with Crippen LogP contribution in [0.5, 0.6) is 0 Å². The van der Waals surface area contributed by atoms with Crippen molar-refractivity contribution >= 4 is 5.95 Å². The maximum Gasteiger partial charge on any atom is 0.222 e. The fraction of sp³-hybridized carbons (Fsp3) is 0.429. The standard InChI is InChI=1S/C14H18N4O/c1-9-3-4-11(10(2)7-9)12-5-6-15-14-16-13(8-19)17-18(12)14/h3-4,7,12,19H,5-6,8H2,1-2H3,(H,15,16,17). The Hall–Kier alpha value is -1.88. The van der Waals surface area contributed by atoms with Gasteiger partial charge in [-0.15, -0.1) is 0 Å². The van der Waals surface area contributed by atoms with Gasteiger partial charge in [0.2, 0.25) is 5.95 Å². The zero-order valence-corrected chi connectivity index (χ0v) is 11.2. The lowest BCUT2D eigenvalue weighted by molar-refractivity contribution is 0.270. The van der Waals surface area contributed by atoms with E-state index in [0.717, 1.165) is 18.9 Å². The Bertz CT molecular complexity index is 605. The molecule has 1 aliphatic heterocycles. The third kappa shape index (κ3) is 2.10. The highest BCUT2D eigenvalue weighted by atomic mass is 16.3. The van der Waals surface area contributed by atoms with Crippen LogP contribution in [0.25, 0.3) is 0 Å². The van der Waals surface area contributed by atoms with Crippen LogP contribution in [-0.4, -0.2) is 26.4 Å². The van der Waals surface area contributed by atoms with E-state index in [1.165, 1.54) is 16.7 Å². The van der Waals surface area contributed by atoms with E-state index in [2.05, 4.69) is 47.4 Å². The molecule has 2 heterocycles. The predicted molar refractivity (Wildman–Crippen MR) is 73.1 cm³/mol. The monoisotopic (exact) mass is 258 g/mol. The van der Waals surface area contributed by atoms with Crippen LogP contribution in [-0.2, 0) is 6.61 Å². The maximum absolute atomic E-state index is 9.17. The molecule has 3 rings (SSSR count). The summed E-state index contributed by atoms with van der Waals surface area (Å²) in [5.74, 6) is 1.22. The van der Waals surface area contributed by atoms with Gasteiger partial charge in [-0.1, -0.05) is 23.8 Å². The van der Waals surface area contributed by atoms with Gasteiger partial charge in [0.1, 0.15) is 6.61 Å². The van der Waals surface area contributed by atoms with Crippen molar-refractivity contribution in [3.05, 3.63) is 40.7 Å². The number of aryl methyl sites for hydroxylation is 2. The van der Waals surface area contributed by atoms with E-state index in [9.17, 15) is 0 Å². The molecule has 2 N–H and O–H groups in total. The van der Waals surface area contributed by atoms with Crippen LogP contribution >= 0.6 is 0 Å². The van der Waals surface area contributed by atoms with Gasteiger partial charge in [-0.25, -0.2) is 4.68 Å². The summed E-state index contributed by atoms with van der Waals surface area (Å²) >= 11 is 0. The lowest BCUT2D eigenvalue weighted by Gasteiger charge is -2.26. The predicted octanol–water partition coefficient (Wildman–Crippen LogP) is 1.79. The van der Waals surface area contributed by atoms with Crippen molar-refractivity contribution in [3.8, 4) is 0 Å². The number of fused-ring (bicyclic) bond motifs is 1. The molecule has 19 heavy (non-hydrogen) atoms. The van der Waals surface area contributed by atoms with Crippen molar-refractivity contribution in [3.63, 3.8) is 0 Å². The first-order valence-electron chi connectivity index (χ1n) is 6.56. The van der Waals surface area contributed by atoms with E-state index in [-0.39, 0.29) is 12.6 Å². The molecule has 1 atom stereocenters. The average molecular weight is 258 g/mol. The smallest absolute Gasteiger partial charge is 0.222 e. The van der Waals surface area contributed by atoms with Crippen LogP contribution in [0.2, 0.25) is 0 Å². The Labute approximate surface area is 112 Å². The van der Waals surface area contributed by atoms with E-state index in [0.29, 0.717) is 5.82 Å². The van der Waals surface area contributed by atoms with Crippen molar-refractivity contribution in [2.24, 2.45) is 0 Å². The van der Waals surface area contributed by atoms with Gasteiger partial charge in [0.25, 0.3) is 0 Å². The number of hydrogen-bond donors (Lipinski definition) is 2. The second kappa shape index (κ2) is 4.66. The molecular formula is C14H18N4O. The number of hydrogen-bond acceptors (Lipinski definition) is 4. The second-order valence-electron chi connectivity index (χ2n) is 5.05. The Balaban J connectivity index is 2.05. The summed E-state index contributed by atoms with van der Waals surface area (Å²) in [7, 11) is 0. The third-order valence-electron chi connectivity index (χ3n) is 3.60. The third-order valence-corrected chi connectivity index (χ3v) is 3.60. The first kappa shape index (κ1) is 12.2. The molecule has 1 unspecified atom stereocenters. The number of aliphatic hydroxyl groups excluding tert-OH is 1. The SMILES string of the molecule is Cc1ccc(C2CCNc3nc(CO)nn32)c(C)c1. The van der Waals surface area contributed by atoms with Gasteiger partial charge in [-0.05, 0) is 31.4 Å². The van der Waals surface area contributed by atoms with E-state index >= 15 is 0 Å². The van der Waals surface area contributed by atoms with Gasteiger partial charge in [0.05, 0.1) is 6.04 Å². The number of aromatic nitrogens is 3. The first-order valence-corrected chi connectivity index (χ1v) is 6.56. The van der Waals surface area contributed by atoms with Crippen molar-refractivity contribution < 1.29 is 5.11 Å². The Morgan fingerprint density at radius 2 is 2.26 bits per heavy atom. The normalized spacial score (nSPS) is 17.9. The summed E-state index contributed by atoms with van der Waals surface area (Å²) in [6.45, 7) is 4.99. The molecule has 0 bridgehead atoms. The Kier molecular flexibility index (Phi) is 2.98.